The first-order valence-electron chi connectivity index (χ1n) is 12.9. The Kier molecular flexibility index (Phi) is 5.57. The largest absolute Gasteiger partial charge is 0.480 e. The van der Waals surface area contributed by atoms with E-state index in [1.807, 2.05) is 24.3 Å². The lowest BCUT2D eigenvalue weighted by atomic mass is 9.92. The van der Waals surface area contributed by atoms with Gasteiger partial charge in [-0.05, 0) is 82.8 Å². The van der Waals surface area contributed by atoms with E-state index in [0.717, 1.165) is 39.6 Å². The third kappa shape index (κ3) is 4.06. The van der Waals surface area contributed by atoms with Gasteiger partial charge in [-0.15, -0.1) is 0 Å². The summed E-state index contributed by atoms with van der Waals surface area (Å²) in [5.41, 5.74) is 7.26. The summed E-state index contributed by atoms with van der Waals surface area (Å²) in [4.78, 5) is 24.3. The van der Waals surface area contributed by atoms with Crippen LogP contribution in [0.3, 0.4) is 0 Å². The number of pyridine rings is 2. The third-order valence-corrected chi connectivity index (χ3v) is 8.93. The van der Waals surface area contributed by atoms with Crippen LogP contribution in [-0.2, 0) is 23.0 Å². The van der Waals surface area contributed by atoms with E-state index in [1.54, 1.807) is 35.5 Å². The van der Waals surface area contributed by atoms with Crippen LogP contribution in [-0.4, -0.2) is 42.8 Å². The second-order valence-electron chi connectivity index (χ2n) is 9.96. The van der Waals surface area contributed by atoms with Crippen LogP contribution in [0, 0.1) is 0 Å². The fourth-order valence-electron chi connectivity index (χ4n) is 5.50. The molecule has 1 N–H and O–H groups in total. The molecule has 2 aliphatic rings. The Bertz CT molecular complexity index is 1960. The van der Waals surface area contributed by atoms with Gasteiger partial charge in [0.25, 0.3) is 15.9 Å². The van der Waals surface area contributed by atoms with Gasteiger partial charge in [0.2, 0.25) is 5.88 Å². The number of hydrogen-bond acceptors (Lipinski definition) is 6. The van der Waals surface area contributed by atoms with Crippen LogP contribution in [0.4, 0.5) is 5.69 Å². The summed E-state index contributed by atoms with van der Waals surface area (Å²) >= 11 is 0. The number of carbonyl (C=O) groups excluding carboxylic acids is 1. The van der Waals surface area contributed by atoms with E-state index in [-0.39, 0.29) is 22.4 Å². The molecule has 3 aromatic carbocycles. The molecule has 9 heteroatoms. The van der Waals surface area contributed by atoms with Crippen LogP contribution in [0.25, 0.3) is 33.2 Å². The van der Waals surface area contributed by atoms with Crippen LogP contribution >= 0.6 is 0 Å². The molecule has 2 aromatic heterocycles. The Morgan fingerprint density at radius 3 is 2.62 bits per heavy atom. The highest BCUT2D eigenvalue weighted by Gasteiger charge is 2.25. The quantitative estimate of drug-likeness (QED) is 0.306. The molecule has 40 heavy (non-hydrogen) atoms. The molecule has 0 saturated carbocycles. The topological polar surface area (TPSA) is 101 Å². The maximum absolute atomic E-state index is 13.6. The molecule has 2 aliphatic heterocycles. The Morgan fingerprint density at radius 1 is 0.875 bits per heavy atom. The van der Waals surface area contributed by atoms with Crippen molar-refractivity contribution in [1.29, 1.82) is 0 Å². The van der Waals surface area contributed by atoms with Gasteiger partial charge in [0.15, 0.2) is 0 Å². The summed E-state index contributed by atoms with van der Waals surface area (Å²) in [5, 5.41) is 0.956. The van der Waals surface area contributed by atoms with Gasteiger partial charge >= 0.3 is 0 Å². The predicted octanol–water partition coefficient (Wildman–Crippen LogP) is 5.29. The predicted molar refractivity (Wildman–Crippen MR) is 153 cm³/mol. The van der Waals surface area contributed by atoms with Crippen molar-refractivity contribution in [3.8, 4) is 28.1 Å². The van der Waals surface area contributed by atoms with Crippen molar-refractivity contribution >= 4 is 32.5 Å². The first-order valence-corrected chi connectivity index (χ1v) is 14.4. The lowest BCUT2D eigenvalue weighted by Gasteiger charge is -2.29. The highest BCUT2D eigenvalue weighted by Crippen LogP contribution is 2.36. The number of hydrogen-bond donors (Lipinski definition) is 1. The number of ether oxygens (including phenoxy) is 1. The highest BCUT2D eigenvalue weighted by molar-refractivity contribution is 7.92. The lowest BCUT2D eigenvalue weighted by Crippen LogP contribution is -2.36. The molecule has 0 aliphatic carbocycles. The highest BCUT2D eigenvalue weighted by atomic mass is 32.2. The van der Waals surface area contributed by atoms with E-state index in [2.05, 4.69) is 32.9 Å². The summed E-state index contributed by atoms with van der Waals surface area (Å²) in [7, 11) is -2.62. The molecule has 9 bridgehead atoms. The maximum Gasteiger partial charge on any atom is 0.262 e. The normalized spacial score (nSPS) is 15.4. The summed E-state index contributed by atoms with van der Waals surface area (Å²) in [6.45, 7) is 0.997. The molecule has 1 amide bonds. The molecule has 0 atom stereocenters. The van der Waals surface area contributed by atoms with Crippen molar-refractivity contribution < 1.29 is 17.9 Å². The van der Waals surface area contributed by atoms with Crippen LogP contribution in [0.15, 0.2) is 90.1 Å². The second kappa shape index (κ2) is 9.17. The van der Waals surface area contributed by atoms with E-state index in [1.165, 1.54) is 24.8 Å². The first kappa shape index (κ1) is 24.3. The molecule has 0 unspecified atom stereocenters. The number of nitrogens with zero attached hydrogens (tertiary/aromatic N) is 3. The van der Waals surface area contributed by atoms with E-state index in [9.17, 15) is 13.2 Å². The Balaban J connectivity index is 1.48. The minimum absolute atomic E-state index is 0.0203. The summed E-state index contributed by atoms with van der Waals surface area (Å²) < 4.78 is 35.0. The van der Waals surface area contributed by atoms with Gasteiger partial charge in [0.1, 0.15) is 5.69 Å². The number of amides is 1. The Labute approximate surface area is 231 Å². The molecule has 0 saturated heterocycles. The van der Waals surface area contributed by atoms with E-state index in [4.69, 9.17) is 4.74 Å². The number of fused-ring (bicyclic) bond motifs is 9. The monoisotopic (exact) mass is 548 g/mol. The van der Waals surface area contributed by atoms with Gasteiger partial charge in [-0.2, -0.15) is 0 Å². The van der Waals surface area contributed by atoms with Gasteiger partial charge in [0.05, 0.1) is 17.5 Å². The zero-order valence-electron chi connectivity index (χ0n) is 21.6. The Morgan fingerprint density at radius 2 is 1.75 bits per heavy atom. The number of sulfonamides is 1. The minimum atomic E-state index is -4.06. The minimum Gasteiger partial charge on any atom is -0.480 e. The smallest absolute Gasteiger partial charge is 0.262 e. The lowest BCUT2D eigenvalue weighted by molar-refractivity contribution is 0.0734. The average molecular weight is 549 g/mol. The molecule has 198 valence electrons. The number of rotatable bonds is 1. The number of anilines is 1. The average Bonchev–Trinajstić information content (AvgIpc) is 2.99. The molecule has 0 fully saturated rings. The van der Waals surface area contributed by atoms with Crippen molar-refractivity contribution in [1.82, 2.24) is 14.9 Å². The summed E-state index contributed by atoms with van der Waals surface area (Å²) in [6, 6.07) is 22.2. The van der Waals surface area contributed by atoms with Crippen LogP contribution in [0.5, 0.6) is 5.88 Å². The van der Waals surface area contributed by atoms with Crippen LogP contribution in [0.2, 0.25) is 0 Å². The van der Waals surface area contributed by atoms with Crippen molar-refractivity contribution in [2.75, 3.05) is 18.4 Å². The molecule has 5 aromatic rings. The SMILES string of the molecule is COc1ncc2cc1NS(=O)(=O)c1cccc(c1)C(=O)N1CCc3ccc(cc3C1)-c1ccnc3ccc-2cc13. The van der Waals surface area contributed by atoms with Gasteiger partial charge in [-0.3, -0.25) is 14.5 Å². The van der Waals surface area contributed by atoms with Crippen molar-refractivity contribution in [3.05, 3.63) is 102 Å². The van der Waals surface area contributed by atoms with E-state index in [0.29, 0.717) is 24.2 Å². The summed E-state index contributed by atoms with van der Waals surface area (Å²) in [5.74, 6) is -0.0764. The number of nitrogens with one attached hydrogen (secondary N) is 1. The maximum atomic E-state index is 13.6. The fourth-order valence-corrected chi connectivity index (χ4v) is 6.60. The fraction of sp³-hybridized carbons (Fsp3) is 0.129. The van der Waals surface area contributed by atoms with E-state index >= 15 is 0 Å². The molecule has 0 radical (unpaired) electrons. The first-order chi connectivity index (χ1) is 19.4. The van der Waals surface area contributed by atoms with Gasteiger partial charge < -0.3 is 9.64 Å². The van der Waals surface area contributed by atoms with E-state index < -0.39 is 10.0 Å². The molecular formula is C31H24N4O4S. The second-order valence-corrected chi connectivity index (χ2v) is 11.6. The van der Waals surface area contributed by atoms with Crippen molar-refractivity contribution in [2.45, 2.75) is 17.9 Å². The van der Waals surface area contributed by atoms with Crippen molar-refractivity contribution in [3.63, 3.8) is 0 Å². The van der Waals surface area contributed by atoms with Crippen LogP contribution < -0.4 is 9.46 Å². The molecule has 8 nitrogen and oxygen atoms in total. The molecular weight excluding hydrogens is 524 g/mol. The van der Waals surface area contributed by atoms with Gasteiger partial charge in [-0.25, -0.2) is 13.4 Å². The Hall–Kier alpha value is -4.76. The number of carbonyl (C=O) groups is 1. The van der Waals surface area contributed by atoms with Gasteiger partial charge in [0, 0.05) is 42.0 Å². The van der Waals surface area contributed by atoms with Crippen LogP contribution in [0.1, 0.15) is 21.5 Å². The standard InChI is InChI=1S/C31H24N4O4S/c1-39-30-29-16-23(17-33-30)20-7-8-28-27(15-20)26(9-11-32-28)21-6-5-19-10-12-35(18-24(19)13-21)31(36)22-3-2-4-25(14-22)40(37,38)34-29/h2-9,11,13-17,34H,10,12,18H2,1H3. The molecule has 4 heterocycles. The number of benzene rings is 3. The molecule has 7 rings (SSSR count). The number of methoxy groups -OCH3 is 1. The van der Waals surface area contributed by atoms with Crippen molar-refractivity contribution in [2.24, 2.45) is 0 Å². The summed E-state index contributed by atoms with van der Waals surface area (Å²) in [6.07, 6.45) is 4.18. The zero-order chi connectivity index (χ0) is 27.4. The third-order valence-electron chi connectivity index (χ3n) is 7.57. The van der Waals surface area contributed by atoms with Gasteiger partial charge in [-0.1, -0.05) is 24.3 Å². The molecule has 0 spiro atoms. The number of aromatic nitrogens is 2. The zero-order valence-corrected chi connectivity index (χ0v) is 22.4.